The molecular formula is C22H33N3O4S. The van der Waals surface area contributed by atoms with E-state index in [2.05, 4.69) is 4.98 Å². The zero-order valence-corrected chi connectivity index (χ0v) is 18.8. The highest BCUT2D eigenvalue weighted by atomic mass is 32.1. The number of likely N-dealkylation sites (tertiary alicyclic amines) is 1. The van der Waals surface area contributed by atoms with E-state index >= 15 is 0 Å². The van der Waals surface area contributed by atoms with Crippen LogP contribution in [0, 0.1) is 18.3 Å². The Hall–Kier alpha value is -1.80. The minimum Gasteiger partial charge on any atom is -0.332 e. The fraction of sp³-hybridized carbons (Fsp3) is 0.727. The highest BCUT2D eigenvalue weighted by Gasteiger charge is 2.50. The Balaban J connectivity index is 1.80. The molecule has 1 spiro atoms. The van der Waals surface area contributed by atoms with E-state index in [4.69, 9.17) is 5.21 Å². The molecule has 7 nitrogen and oxygen atoms in total. The number of amides is 2. The normalized spacial score (nSPS) is 21.2. The number of nitrogens with zero attached hydrogens (tertiary/aromatic N) is 2. The Morgan fingerprint density at radius 3 is 2.70 bits per heavy atom. The number of thiazole rings is 1. The van der Waals surface area contributed by atoms with E-state index < -0.39 is 17.9 Å². The summed E-state index contributed by atoms with van der Waals surface area (Å²) in [5.41, 5.74) is 1.68. The van der Waals surface area contributed by atoms with Crippen LogP contribution in [0.5, 0.6) is 0 Å². The van der Waals surface area contributed by atoms with Crippen molar-refractivity contribution in [3.8, 4) is 0 Å². The monoisotopic (exact) mass is 435 g/mol. The van der Waals surface area contributed by atoms with Crippen molar-refractivity contribution in [1.29, 1.82) is 0 Å². The third-order valence-corrected chi connectivity index (χ3v) is 7.55. The fourth-order valence-corrected chi connectivity index (χ4v) is 5.88. The van der Waals surface area contributed by atoms with E-state index in [-0.39, 0.29) is 29.9 Å². The van der Waals surface area contributed by atoms with Gasteiger partial charge in [-0.3, -0.25) is 19.6 Å². The van der Waals surface area contributed by atoms with Crippen molar-refractivity contribution >= 4 is 28.9 Å². The molecule has 0 radical (unpaired) electrons. The molecule has 0 aromatic carbocycles. The molecule has 2 amide bonds. The number of carbonyl (C=O) groups is 3. The molecule has 8 heteroatoms. The second-order valence-corrected chi connectivity index (χ2v) is 10.3. The van der Waals surface area contributed by atoms with Crippen molar-refractivity contribution in [2.45, 2.75) is 84.1 Å². The summed E-state index contributed by atoms with van der Waals surface area (Å²) in [4.78, 5) is 45.7. The molecule has 30 heavy (non-hydrogen) atoms. The Morgan fingerprint density at radius 1 is 1.37 bits per heavy atom. The van der Waals surface area contributed by atoms with Gasteiger partial charge < -0.3 is 4.90 Å². The van der Waals surface area contributed by atoms with Gasteiger partial charge in [0, 0.05) is 30.0 Å². The molecule has 1 aromatic heterocycles. The zero-order chi connectivity index (χ0) is 21.7. The van der Waals surface area contributed by atoms with Crippen molar-refractivity contribution < 1.29 is 19.6 Å². The standard InChI is InChI=1S/C22H33N3O4S/c1-3-4-7-16(10-19(27)24-29)21(28)25-14-22(8-5-6-9-22)12-17(25)18(26)11-20-23-13-15(2)30-20/h13,16-17,29H,3-12,14H2,1-2H3,(H,24,27)/t16-,17+/m1/s1. The quantitative estimate of drug-likeness (QED) is 0.457. The topological polar surface area (TPSA) is 99.6 Å². The first-order valence-electron chi connectivity index (χ1n) is 11.0. The number of hydrogen-bond acceptors (Lipinski definition) is 6. The molecule has 166 valence electrons. The smallest absolute Gasteiger partial charge is 0.244 e. The van der Waals surface area contributed by atoms with Crippen molar-refractivity contribution in [2.24, 2.45) is 11.3 Å². The maximum absolute atomic E-state index is 13.5. The fourth-order valence-electron chi connectivity index (χ4n) is 5.08. The minimum absolute atomic E-state index is 0.0311. The van der Waals surface area contributed by atoms with Gasteiger partial charge in [-0.05, 0) is 38.0 Å². The van der Waals surface area contributed by atoms with Crippen LogP contribution >= 0.6 is 11.3 Å². The molecule has 2 atom stereocenters. The van der Waals surface area contributed by atoms with Crippen LogP contribution in [0.15, 0.2) is 6.20 Å². The minimum atomic E-state index is -0.555. The summed E-state index contributed by atoms with van der Waals surface area (Å²) in [7, 11) is 0. The maximum Gasteiger partial charge on any atom is 0.244 e. The molecule has 1 saturated carbocycles. The number of aromatic nitrogens is 1. The number of rotatable bonds is 9. The first kappa shape index (κ1) is 22.9. The van der Waals surface area contributed by atoms with Gasteiger partial charge in [0.15, 0.2) is 5.78 Å². The highest BCUT2D eigenvalue weighted by Crippen LogP contribution is 2.48. The van der Waals surface area contributed by atoms with Crippen LogP contribution in [-0.2, 0) is 20.8 Å². The van der Waals surface area contributed by atoms with Gasteiger partial charge in [0.25, 0.3) is 0 Å². The molecule has 0 unspecified atom stereocenters. The molecule has 0 bridgehead atoms. The number of hydroxylamine groups is 1. The van der Waals surface area contributed by atoms with Gasteiger partial charge >= 0.3 is 0 Å². The van der Waals surface area contributed by atoms with Gasteiger partial charge in [-0.25, -0.2) is 10.5 Å². The molecule has 1 saturated heterocycles. The third-order valence-electron chi connectivity index (χ3n) is 6.63. The molecule has 2 heterocycles. The largest absolute Gasteiger partial charge is 0.332 e. The number of unbranched alkanes of at least 4 members (excludes halogenated alkanes) is 1. The molecule has 1 aliphatic carbocycles. The highest BCUT2D eigenvalue weighted by molar-refractivity contribution is 7.11. The summed E-state index contributed by atoms with van der Waals surface area (Å²) < 4.78 is 0. The summed E-state index contributed by atoms with van der Waals surface area (Å²) in [5.74, 6) is -1.14. The summed E-state index contributed by atoms with van der Waals surface area (Å²) in [5, 5.41) is 9.74. The van der Waals surface area contributed by atoms with Crippen LogP contribution in [0.2, 0.25) is 0 Å². The second-order valence-electron chi connectivity index (χ2n) is 8.98. The van der Waals surface area contributed by atoms with Crippen LogP contribution in [-0.4, -0.2) is 45.3 Å². The van der Waals surface area contributed by atoms with E-state index in [1.165, 1.54) is 11.3 Å². The van der Waals surface area contributed by atoms with Crippen LogP contribution in [0.4, 0.5) is 0 Å². The van der Waals surface area contributed by atoms with Crippen molar-refractivity contribution in [3.63, 3.8) is 0 Å². The first-order valence-corrected chi connectivity index (χ1v) is 11.9. The van der Waals surface area contributed by atoms with E-state index in [1.54, 1.807) is 16.6 Å². The van der Waals surface area contributed by atoms with Crippen molar-refractivity contribution in [3.05, 3.63) is 16.1 Å². The number of aryl methyl sites for hydroxylation is 1. The van der Waals surface area contributed by atoms with Gasteiger partial charge in [0.05, 0.1) is 12.5 Å². The van der Waals surface area contributed by atoms with Gasteiger partial charge in [0.1, 0.15) is 5.01 Å². The summed E-state index contributed by atoms with van der Waals surface area (Å²) in [6, 6.07) is -0.443. The third kappa shape index (κ3) is 5.27. The molecule has 1 aliphatic heterocycles. The molecule has 1 aromatic rings. The summed E-state index contributed by atoms with van der Waals surface area (Å²) in [6.07, 6.45) is 9.39. The molecule has 2 N–H and O–H groups in total. The summed E-state index contributed by atoms with van der Waals surface area (Å²) in [6.45, 7) is 4.61. The average molecular weight is 436 g/mol. The van der Waals surface area contributed by atoms with Crippen LogP contribution in [0.3, 0.4) is 0 Å². The Bertz CT molecular complexity index is 772. The van der Waals surface area contributed by atoms with Crippen LogP contribution in [0.25, 0.3) is 0 Å². The lowest BCUT2D eigenvalue weighted by atomic mass is 9.83. The van der Waals surface area contributed by atoms with Crippen molar-refractivity contribution in [2.75, 3.05) is 6.54 Å². The number of ketones is 1. The molecule has 2 fully saturated rings. The lowest BCUT2D eigenvalue weighted by molar-refractivity contribution is -0.144. The number of hydrogen-bond donors (Lipinski definition) is 2. The van der Waals surface area contributed by atoms with E-state index in [0.717, 1.165) is 48.4 Å². The first-order chi connectivity index (χ1) is 14.4. The zero-order valence-electron chi connectivity index (χ0n) is 18.0. The van der Waals surface area contributed by atoms with Gasteiger partial charge in [-0.15, -0.1) is 11.3 Å². The average Bonchev–Trinajstić information content (AvgIpc) is 3.45. The second kappa shape index (κ2) is 10.0. The van der Waals surface area contributed by atoms with E-state index in [9.17, 15) is 14.4 Å². The van der Waals surface area contributed by atoms with Gasteiger partial charge in [0.2, 0.25) is 11.8 Å². The predicted octanol–water partition coefficient (Wildman–Crippen LogP) is 3.43. The van der Waals surface area contributed by atoms with E-state index in [0.29, 0.717) is 19.4 Å². The maximum atomic E-state index is 13.5. The SMILES string of the molecule is CCCC[C@H](CC(=O)NO)C(=O)N1CC2(CCCC2)C[C@H]1C(=O)Cc1ncc(C)s1. The Kier molecular flexibility index (Phi) is 7.63. The lowest BCUT2D eigenvalue weighted by Crippen LogP contribution is -2.45. The number of nitrogens with one attached hydrogen (secondary N) is 1. The van der Waals surface area contributed by atoms with Gasteiger partial charge in [-0.2, -0.15) is 0 Å². The van der Waals surface area contributed by atoms with E-state index in [1.807, 2.05) is 13.8 Å². The molecular weight excluding hydrogens is 402 g/mol. The Morgan fingerprint density at radius 2 is 2.10 bits per heavy atom. The summed E-state index contributed by atoms with van der Waals surface area (Å²) >= 11 is 1.52. The van der Waals surface area contributed by atoms with Gasteiger partial charge in [-0.1, -0.05) is 32.6 Å². The Labute approximate surface area is 182 Å². The molecule has 3 rings (SSSR count). The number of carbonyl (C=O) groups excluding carboxylic acids is 3. The van der Waals surface area contributed by atoms with Crippen molar-refractivity contribution in [1.82, 2.24) is 15.4 Å². The molecule has 2 aliphatic rings. The van der Waals surface area contributed by atoms with Crippen LogP contribution < -0.4 is 5.48 Å². The van der Waals surface area contributed by atoms with Crippen LogP contribution in [0.1, 0.15) is 74.6 Å². The lowest BCUT2D eigenvalue weighted by Gasteiger charge is -2.28. The number of Topliss-reactive ketones (excluding diaryl/α,β-unsaturated/α-hetero) is 1. The predicted molar refractivity (Wildman–Crippen MR) is 114 cm³/mol.